The van der Waals surface area contributed by atoms with Crippen molar-refractivity contribution >= 4 is 9.84 Å². The number of rotatable bonds is 9. The lowest BCUT2D eigenvalue weighted by Crippen LogP contribution is -2.29. The first-order valence-electron chi connectivity index (χ1n) is 11.4. The van der Waals surface area contributed by atoms with Crippen LogP contribution in [0.2, 0.25) is 0 Å². The first-order chi connectivity index (χ1) is 16.8. The Kier molecular flexibility index (Phi) is 7.60. The molecule has 188 valence electrons. The standard InChI is InChI=1S/C23H30N6O5S/c1-15(22-24-12-18(32-3)13-25-22)16(2)35(30,31)14-20-27-28-23(19-6-5-7-21(26-19)33-4)29(20)17-8-10-34-11-9-17/h5-7,12-13,15-17H,8-11,14H2,1-4H3/t15-,16-/m0/s1. The van der Waals surface area contributed by atoms with Crippen LogP contribution in [0.4, 0.5) is 0 Å². The van der Waals surface area contributed by atoms with Crippen LogP contribution < -0.4 is 9.47 Å². The molecule has 2 atom stereocenters. The molecule has 3 aromatic rings. The molecule has 0 unspecified atom stereocenters. The second-order valence-electron chi connectivity index (χ2n) is 8.50. The van der Waals surface area contributed by atoms with Crippen molar-refractivity contribution in [2.45, 2.75) is 49.7 Å². The van der Waals surface area contributed by atoms with Crippen LogP contribution in [0, 0.1) is 0 Å². The van der Waals surface area contributed by atoms with E-state index in [9.17, 15) is 8.42 Å². The van der Waals surface area contributed by atoms with Gasteiger partial charge in [-0.1, -0.05) is 13.0 Å². The van der Waals surface area contributed by atoms with Gasteiger partial charge in [0.05, 0.1) is 31.9 Å². The normalized spacial score (nSPS) is 16.6. The van der Waals surface area contributed by atoms with Crippen molar-refractivity contribution in [3.8, 4) is 23.1 Å². The third kappa shape index (κ3) is 5.43. The second-order valence-corrected chi connectivity index (χ2v) is 10.9. The molecule has 0 aliphatic carbocycles. The van der Waals surface area contributed by atoms with E-state index in [0.29, 0.717) is 48.0 Å². The van der Waals surface area contributed by atoms with Gasteiger partial charge in [-0.15, -0.1) is 10.2 Å². The Morgan fingerprint density at radius 1 is 1.09 bits per heavy atom. The lowest BCUT2D eigenvalue weighted by atomic mass is 10.1. The zero-order chi connectivity index (χ0) is 25.0. The average Bonchev–Trinajstić information content (AvgIpc) is 3.31. The first kappa shape index (κ1) is 25.0. The van der Waals surface area contributed by atoms with Gasteiger partial charge in [0.2, 0.25) is 5.88 Å². The summed E-state index contributed by atoms with van der Waals surface area (Å²) < 4.78 is 44.8. The molecule has 11 nitrogen and oxygen atoms in total. The SMILES string of the molecule is COc1cnc([C@@H](C)[C@H](C)S(=O)(=O)Cc2nnc(-c3cccc(OC)n3)n2C2CCOCC2)nc1. The molecule has 1 fully saturated rings. The Morgan fingerprint density at radius 2 is 1.80 bits per heavy atom. The molecule has 4 heterocycles. The van der Waals surface area contributed by atoms with Gasteiger partial charge in [0, 0.05) is 31.2 Å². The van der Waals surface area contributed by atoms with Crippen LogP contribution in [-0.4, -0.2) is 70.8 Å². The van der Waals surface area contributed by atoms with Crippen LogP contribution in [0.3, 0.4) is 0 Å². The number of aromatic nitrogens is 6. The Bertz CT molecular complexity index is 1240. The van der Waals surface area contributed by atoms with Crippen LogP contribution >= 0.6 is 0 Å². The predicted molar refractivity (Wildman–Crippen MR) is 128 cm³/mol. The van der Waals surface area contributed by atoms with Crippen LogP contribution in [0.1, 0.15) is 50.3 Å². The third-order valence-corrected chi connectivity index (χ3v) is 8.58. The summed E-state index contributed by atoms with van der Waals surface area (Å²) in [4.78, 5) is 13.0. The van der Waals surface area contributed by atoms with Crippen molar-refractivity contribution in [2.75, 3.05) is 27.4 Å². The van der Waals surface area contributed by atoms with Gasteiger partial charge in [-0.2, -0.15) is 0 Å². The summed E-state index contributed by atoms with van der Waals surface area (Å²) >= 11 is 0. The van der Waals surface area contributed by atoms with Gasteiger partial charge in [0.1, 0.15) is 23.1 Å². The maximum absolute atomic E-state index is 13.5. The molecule has 1 aliphatic rings. The fraction of sp³-hybridized carbons (Fsp3) is 0.522. The van der Waals surface area contributed by atoms with Gasteiger partial charge in [-0.05, 0) is 25.8 Å². The predicted octanol–water partition coefficient (Wildman–Crippen LogP) is 2.61. The zero-order valence-corrected chi connectivity index (χ0v) is 21.1. The highest BCUT2D eigenvalue weighted by Gasteiger charge is 2.33. The summed E-state index contributed by atoms with van der Waals surface area (Å²) in [6.07, 6.45) is 4.53. The fourth-order valence-electron chi connectivity index (χ4n) is 4.08. The highest BCUT2D eigenvalue weighted by molar-refractivity contribution is 7.91. The largest absolute Gasteiger partial charge is 0.494 e. The van der Waals surface area contributed by atoms with E-state index in [-0.39, 0.29) is 11.8 Å². The molecule has 35 heavy (non-hydrogen) atoms. The van der Waals surface area contributed by atoms with E-state index in [1.54, 1.807) is 27.0 Å². The Balaban J connectivity index is 1.65. The van der Waals surface area contributed by atoms with Crippen LogP contribution in [0.15, 0.2) is 30.6 Å². The van der Waals surface area contributed by atoms with Crippen molar-refractivity contribution in [3.63, 3.8) is 0 Å². The van der Waals surface area contributed by atoms with E-state index in [2.05, 4.69) is 25.1 Å². The van der Waals surface area contributed by atoms with Gasteiger partial charge >= 0.3 is 0 Å². The van der Waals surface area contributed by atoms with Crippen molar-refractivity contribution < 1.29 is 22.6 Å². The summed E-state index contributed by atoms with van der Waals surface area (Å²) in [6.45, 7) is 4.65. The van der Waals surface area contributed by atoms with E-state index in [1.165, 1.54) is 19.5 Å². The molecule has 0 aromatic carbocycles. The van der Waals surface area contributed by atoms with Crippen LogP contribution in [0.25, 0.3) is 11.5 Å². The Labute approximate surface area is 204 Å². The molecule has 0 spiro atoms. The quantitative estimate of drug-likeness (QED) is 0.430. The minimum atomic E-state index is -3.63. The van der Waals surface area contributed by atoms with E-state index < -0.39 is 21.0 Å². The molecule has 12 heteroatoms. The molecular formula is C23H30N6O5S. The summed E-state index contributed by atoms with van der Waals surface area (Å²) in [6, 6.07) is 5.38. The number of hydrogen-bond acceptors (Lipinski definition) is 10. The molecule has 0 amide bonds. The van der Waals surface area contributed by atoms with Gasteiger partial charge in [0.25, 0.3) is 0 Å². The number of sulfone groups is 1. The first-order valence-corrected chi connectivity index (χ1v) is 13.2. The smallest absolute Gasteiger partial charge is 0.213 e. The van der Waals surface area contributed by atoms with E-state index in [1.807, 2.05) is 16.7 Å². The maximum Gasteiger partial charge on any atom is 0.213 e. The number of methoxy groups -OCH3 is 2. The number of hydrogen-bond donors (Lipinski definition) is 0. The third-order valence-electron chi connectivity index (χ3n) is 6.38. The van der Waals surface area contributed by atoms with E-state index >= 15 is 0 Å². The van der Waals surface area contributed by atoms with E-state index in [0.717, 1.165) is 12.8 Å². The molecule has 3 aromatic heterocycles. The molecular weight excluding hydrogens is 472 g/mol. The molecule has 1 saturated heterocycles. The Morgan fingerprint density at radius 3 is 2.46 bits per heavy atom. The summed E-state index contributed by atoms with van der Waals surface area (Å²) in [5.41, 5.74) is 0.569. The Hall–Kier alpha value is -3.12. The minimum Gasteiger partial charge on any atom is -0.494 e. The number of ether oxygens (including phenoxy) is 3. The number of pyridine rings is 1. The molecule has 0 N–H and O–H groups in total. The van der Waals surface area contributed by atoms with Gasteiger partial charge in [0.15, 0.2) is 21.4 Å². The molecule has 0 radical (unpaired) electrons. The minimum absolute atomic E-state index is 0.00426. The average molecular weight is 503 g/mol. The lowest BCUT2D eigenvalue weighted by molar-refractivity contribution is 0.0693. The second kappa shape index (κ2) is 10.6. The van der Waals surface area contributed by atoms with Gasteiger partial charge < -0.3 is 18.8 Å². The highest BCUT2D eigenvalue weighted by atomic mass is 32.2. The molecule has 4 rings (SSSR count). The zero-order valence-electron chi connectivity index (χ0n) is 20.3. The van der Waals surface area contributed by atoms with E-state index in [4.69, 9.17) is 14.2 Å². The monoisotopic (exact) mass is 502 g/mol. The highest BCUT2D eigenvalue weighted by Crippen LogP contribution is 2.31. The van der Waals surface area contributed by atoms with Gasteiger partial charge in [-0.3, -0.25) is 0 Å². The maximum atomic E-state index is 13.5. The summed E-state index contributed by atoms with van der Waals surface area (Å²) in [5.74, 6) is 1.60. The van der Waals surface area contributed by atoms with Crippen LogP contribution in [0.5, 0.6) is 11.6 Å². The fourth-order valence-corrected chi connectivity index (χ4v) is 5.64. The lowest BCUT2D eigenvalue weighted by Gasteiger charge is -2.26. The summed E-state index contributed by atoms with van der Waals surface area (Å²) in [7, 11) is -0.560. The van der Waals surface area contributed by atoms with Crippen LogP contribution in [-0.2, 0) is 20.3 Å². The van der Waals surface area contributed by atoms with Crippen molar-refractivity contribution in [1.82, 2.24) is 29.7 Å². The molecule has 0 saturated carbocycles. The van der Waals surface area contributed by atoms with Gasteiger partial charge in [-0.25, -0.2) is 23.4 Å². The molecule has 0 bridgehead atoms. The summed E-state index contributed by atoms with van der Waals surface area (Å²) in [5, 5.41) is 7.92. The number of nitrogens with zero attached hydrogens (tertiary/aromatic N) is 6. The molecule has 1 aliphatic heterocycles. The van der Waals surface area contributed by atoms with Crippen molar-refractivity contribution in [2.24, 2.45) is 0 Å². The van der Waals surface area contributed by atoms with Crippen molar-refractivity contribution in [1.29, 1.82) is 0 Å². The topological polar surface area (TPSA) is 131 Å². The van der Waals surface area contributed by atoms with Crippen molar-refractivity contribution in [3.05, 3.63) is 42.2 Å².